The number of aryl methyl sites for hydroxylation is 2. The van der Waals surface area contributed by atoms with E-state index in [-0.39, 0.29) is 48.9 Å². The zero-order chi connectivity index (χ0) is 27.3. The molecule has 0 aliphatic heterocycles. The molecular weight excluding hydrogens is 680 g/mol. The van der Waals surface area contributed by atoms with Crippen LogP contribution in [0.25, 0.3) is 22.1 Å². The molecule has 2 aromatic heterocycles. The minimum absolute atomic E-state index is 0. The Hall–Kier alpha value is -3.24. The van der Waals surface area contributed by atoms with Crippen LogP contribution < -0.4 is 0 Å². The van der Waals surface area contributed by atoms with Gasteiger partial charge >= 0.3 is 230 Å². The van der Waals surface area contributed by atoms with Gasteiger partial charge in [-0.25, -0.2) is 0 Å². The van der Waals surface area contributed by atoms with Crippen LogP contribution in [0, 0.1) is 30.5 Å². The monoisotopic (exact) mass is 703 g/mol. The van der Waals surface area contributed by atoms with Crippen molar-refractivity contribution in [3.05, 3.63) is 127 Å². The number of hydrogen-bond donors (Lipinski definition) is 0. The molecular formula is C30H25AgBrF4N4. The number of benzene rings is 4. The standard InChI is InChI=1S/2C15H12F2N2.Ag.BrH/c2*1-18-10-19(15-5-3-2-4-14(15)18)9-11-6-7-12(16)8-13(11)17;;/h2*2-8H,9H2,1H3;;1H. The van der Waals surface area contributed by atoms with Crippen LogP contribution in [0.3, 0.4) is 0 Å². The fourth-order valence-corrected chi connectivity index (χ4v) is 6.99. The maximum atomic E-state index is 14.7. The van der Waals surface area contributed by atoms with E-state index in [1.165, 1.54) is 24.3 Å². The first-order valence-corrected chi connectivity index (χ1v) is 13.7. The molecule has 0 N–H and O–H groups in total. The van der Waals surface area contributed by atoms with Gasteiger partial charge in [-0.2, -0.15) is 0 Å². The molecule has 40 heavy (non-hydrogen) atoms. The summed E-state index contributed by atoms with van der Waals surface area (Å²) in [6.07, 6.45) is 0. The molecule has 0 saturated carbocycles. The molecule has 0 bridgehead atoms. The molecule has 0 atom stereocenters. The number of imidazole rings is 2. The normalized spacial score (nSPS) is 11.4. The first-order chi connectivity index (χ1) is 18.8. The summed E-state index contributed by atoms with van der Waals surface area (Å²) in [5.41, 5.74) is 4.53. The Balaban J connectivity index is 0.00000323. The number of rotatable bonds is 4. The average Bonchev–Trinajstić information content (AvgIpc) is 3.34. The number of hydrogen-bond acceptors (Lipinski definition) is 0. The van der Waals surface area contributed by atoms with Gasteiger partial charge in [0, 0.05) is 0 Å². The van der Waals surface area contributed by atoms with Gasteiger partial charge in [-0.05, 0) is 0 Å². The number of fused-ring (bicyclic) bond motifs is 2. The molecule has 0 amide bonds. The van der Waals surface area contributed by atoms with Crippen LogP contribution in [0.4, 0.5) is 17.6 Å². The molecule has 0 aliphatic carbocycles. The molecule has 2 heterocycles. The van der Waals surface area contributed by atoms with E-state index in [0.717, 1.165) is 41.5 Å². The first kappa shape index (κ1) is 28.3. The van der Waals surface area contributed by atoms with Gasteiger partial charge in [0.15, 0.2) is 0 Å². The Morgan fingerprint density at radius 1 is 0.550 bits per heavy atom. The first-order valence-electron chi connectivity index (χ1n) is 12.2. The molecule has 6 rings (SSSR count). The maximum absolute atomic E-state index is 14.7. The summed E-state index contributed by atoms with van der Waals surface area (Å²) < 4.78 is 66.8. The molecule has 0 spiro atoms. The van der Waals surface area contributed by atoms with Crippen molar-refractivity contribution in [1.29, 1.82) is 0 Å². The zero-order valence-electron chi connectivity index (χ0n) is 21.5. The number of nitrogens with zero attached hydrogens (tertiary/aromatic N) is 4. The van der Waals surface area contributed by atoms with E-state index in [2.05, 4.69) is 9.13 Å². The molecule has 211 valence electrons. The van der Waals surface area contributed by atoms with Crippen LogP contribution in [0.5, 0.6) is 0 Å². The Bertz CT molecular complexity index is 1900. The Morgan fingerprint density at radius 2 is 0.925 bits per heavy atom. The fourth-order valence-electron chi connectivity index (χ4n) is 4.85. The number of aromatic nitrogens is 4. The van der Waals surface area contributed by atoms with Crippen molar-refractivity contribution in [2.75, 3.05) is 0 Å². The molecule has 0 aliphatic rings. The van der Waals surface area contributed by atoms with Crippen LogP contribution in [-0.2, 0) is 46.0 Å². The van der Waals surface area contributed by atoms with Gasteiger partial charge in [0.25, 0.3) is 0 Å². The van der Waals surface area contributed by atoms with Crippen molar-refractivity contribution in [2.24, 2.45) is 14.1 Å². The van der Waals surface area contributed by atoms with E-state index in [4.69, 9.17) is 0 Å². The summed E-state index contributed by atoms with van der Waals surface area (Å²) >= 11 is 0.0623. The molecule has 4 aromatic carbocycles. The number of halogens is 5. The Morgan fingerprint density at radius 3 is 1.30 bits per heavy atom. The van der Waals surface area contributed by atoms with Gasteiger partial charge in [0.05, 0.1) is 0 Å². The summed E-state index contributed by atoms with van der Waals surface area (Å²) in [7, 11) is 3.94. The average molecular weight is 705 g/mol. The van der Waals surface area contributed by atoms with Gasteiger partial charge in [0.1, 0.15) is 0 Å². The quantitative estimate of drug-likeness (QED) is 0.135. The molecule has 6 aromatic rings. The summed E-state index contributed by atoms with van der Waals surface area (Å²) in [4.78, 5) is 0. The SMILES string of the molecule is Br.Cn1[c](=[Ag]=[c]2n(C)c3ccccc3n2Cc2ccc(F)cc2F)n(Cc2ccc(F)cc2F)c2ccccc21. The molecule has 4 nitrogen and oxygen atoms in total. The summed E-state index contributed by atoms with van der Waals surface area (Å²) in [6.45, 7) is 0.430. The topological polar surface area (TPSA) is 19.7 Å². The second-order valence-electron chi connectivity index (χ2n) is 9.28. The predicted octanol–water partition coefficient (Wildman–Crippen LogP) is 7.35. The van der Waals surface area contributed by atoms with E-state index >= 15 is 0 Å². The van der Waals surface area contributed by atoms with E-state index in [0.29, 0.717) is 11.1 Å². The Labute approximate surface area is 246 Å². The third-order valence-corrected chi connectivity index (χ3v) is 9.25. The summed E-state index contributed by atoms with van der Waals surface area (Å²) in [5, 5.41) is 0. The van der Waals surface area contributed by atoms with Gasteiger partial charge in [-0.15, -0.1) is 17.0 Å². The second-order valence-corrected chi connectivity index (χ2v) is 11.0. The van der Waals surface area contributed by atoms with E-state index < -0.39 is 23.3 Å². The third-order valence-electron chi connectivity index (χ3n) is 6.80. The van der Waals surface area contributed by atoms with Gasteiger partial charge in [0.2, 0.25) is 0 Å². The fraction of sp³-hybridized carbons (Fsp3) is 0.133. The molecule has 0 radical (unpaired) electrons. The van der Waals surface area contributed by atoms with Crippen LogP contribution in [0.2, 0.25) is 0 Å². The van der Waals surface area contributed by atoms with E-state index in [1.54, 1.807) is 0 Å². The zero-order valence-corrected chi connectivity index (χ0v) is 24.7. The van der Waals surface area contributed by atoms with E-state index in [1.807, 2.05) is 71.8 Å². The molecule has 0 fully saturated rings. The van der Waals surface area contributed by atoms with Crippen molar-refractivity contribution < 1.29 is 36.4 Å². The molecule has 0 unspecified atom stereocenters. The van der Waals surface area contributed by atoms with Gasteiger partial charge < -0.3 is 0 Å². The summed E-state index contributed by atoms with van der Waals surface area (Å²) in [6, 6.07) is 23.0. The van der Waals surface area contributed by atoms with Crippen LogP contribution in [0.1, 0.15) is 11.1 Å². The van der Waals surface area contributed by atoms with Crippen molar-refractivity contribution in [1.82, 2.24) is 18.3 Å². The Kier molecular flexibility index (Phi) is 8.01. The predicted molar refractivity (Wildman–Crippen MR) is 150 cm³/mol. The molecule has 10 heteroatoms. The van der Waals surface area contributed by atoms with Crippen molar-refractivity contribution >= 4 is 39.0 Å². The summed E-state index contributed by atoms with van der Waals surface area (Å²) in [5.74, 6) is -2.44. The second kappa shape index (κ2) is 11.3. The van der Waals surface area contributed by atoms with Crippen molar-refractivity contribution in [3.63, 3.8) is 0 Å². The van der Waals surface area contributed by atoms with Gasteiger partial charge in [-0.3, -0.25) is 0 Å². The van der Waals surface area contributed by atoms with Crippen molar-refractivity contribution in [3.8, 4) is 0 Å². The van der Waals surface area contributed by atoms with E-state index in [9.17, 15) is 17.6 Å². The van der Waals surface area contributed by atoms with Crippen LogP contribution in [-0.4, -0.2) is 18.3 Å². The minimum atomic E-state index is -0.619. The molecule has 0 saturated heterocycles. The van der Waals surface area contributed by atoms with Crippen LogP contribution in [0.15, 0.2) is 84.9 Å². The van der Waals surface area contributed by atoms with Crippen LogP contribution >= 0.6 is 17.0 Å². The third kappa shape index (κ3) is 5.03. The number of para-hydroxylation sites is 4. The van der Waals surface area contributed by atoms with Gasteiger partial charge in [-0.1, -0.05) is 0 Å². The van der Waals surface area contributed by atoms with Crippen molar-refractivity contribution in [2.45, 2.75) is 13.1 Å².